The molecule has 0 amide bonds. The van der Waals surface area contributed by atoms with Crippen LogP contribution in [0.5, 0.6) is 0 Å². The molecule has 1 aromatic carbocycles. The van der Waals surface area contributed by atoms with Crippen LogP contribution in [0.25, 0.3) is 0 Å². The number of oxime groups is 1. The molecule has 1 aliphatic rings. The monoisotopic (exact) mass is 254 g/mol. The second-order valence-corrected chi connectivity index (χ2v) is 4.02. The molecule has 0 saturated carbocycles. The van der Waals surface area contributed by atoms with Crippen LogP contribution in [-0.2, 0) is 13.0 Å². The molecule has 0 fully saturated rings. The van der Waals surface area contributed by atoms with Crippen molar-refractivity contribution in [3.05, 3.63) is 35.4 Å². The number of fused-ring (bicyclic) bond motifs is 1. The molecule has 14 heavy (non-hydrogen) atoms. The second kappa shape index (κ2) is 4.00. The molecular formula is C10H11BrN2O. The Morgan fingerprint density at radius 2 is 2.07 bits per heavy atom. The summed E-state index contributed by atoms with van der Waals surface area (Å²) < 4.78 is 0.506. The van der Waals surface area contributed by atoms with Crippen LogP contribution >= 0.6 is 15.9 Å². The van der Waals surface area contributed by atoms with Gasteiger partial charge in [-0.25, -0.2) is 0 Å². The van der Waals surface area contributed by atoms with Gasteiger partial charge in [-0.1, -0.05) is 29.4 Å². The Morgan fingerprint density at radius 3 is 2.79 bits per heavy atom. The summed E-state index contributed by atoms with van der Waals surface area (Å²) in [7, 11) is 0. The first-order chi connectivity index (χ1) is 6.81. The van der Waals surface area contributed by atoms with E-state index in [9.17, 15) is 0 Å². The quantitative estimate of drug-likeness (QED) is 0.253. The third kappa shape index (κ3) is 1.75. The van der Waals surface area contributed by atoms with Crippen molar-refractivity contribution in [3.63, 3.8) is 0 Å². The minimum absolute atomic E-state index is 0.506. The smallest absolute Gasteiger partial charge is 0.211 e. The van der Waals surface area contributed by atoms with E-state index in [1.807, 2.05) is 11.0 Å². The van der Waals surface area contributed by atoms with E-state index in [-0.39, 0.29) is 0 Å². The molecule has 0 spiro atoms. The number of hydrogen-bond acceptors (Lipinski definition) is 2. The minimum Gasteiger partial charge on any atom is -0.409 e. The minimum atomic E-state index is 0.506. The highest BCUT2D eigenvalue weighted by atomic mass is 79.9. The highest BCUT2D eigenvalue weighted by Gasteiger charge is 2.17. The summed E-state index contributed by atoms with van der Waals surface area (Å²) in [5.41, 5.74) is 2.70. The Morgan fingerprint density at radius 1 is 1.36 bits per heavy atom. The molecule has 74 valence electrons. The highest BCUT2D eigenvalue weighted by molar-refractivity contribution is 9.18. The van der Waals surface area contributed by atoms with Crippen LogP contribution in [0.3, 0.4) is 0 Å². The van der Waals surface area contributed by atoms with Gasteiger partial charge < -0.3 is 10.1 Å². The molecule has 0 aromatic heterocycles. The summed E-state index contributed by atoms with van der Waals surface area (Å²) in [5, 5.41) is 11.8. The number of rotatable bonds is 0. The summed E-state index contributed by atoms with van der Waals surface area (Å²) >= 11 is 3.22. The summed E-state index contributed by atoms with van der Waals surface area (Å²) in [6.07, 6.45) is 1.00. The molecule has 2 rings (SSSR count). The molecule has 1 aliphatic heterocycles. The van der Waals surface area contributed by atoms with Gasteiger partial charge in [-0.2, -0.15) is 0 Å². The van der Waals surface area contributed by atoms with Crippen molar-refractivity contribution in [2.24, 2.45) is 5.16 Å². The Balaban J connectivity index is 2.21. The van der Waals surface area contributed by atoms with E-state index in [1.165, 1.54) is 11.1 Å². The summed E-state index contributed by atoms with van der Waals surface area (Å²) in [6.45, 7) is 1.70. The van der Waals surface area contributed by atoms with E-state index in [1.54, 1.807) is 0 Å². The first-order valence-corrected chi connectivity index (χ1v) is 5.30. The second-order valence-electron chi connectivity index (χ2n) is 3.31. The van der Waals surface area contributed by atoms with E-state index in [0.29, 0.717) is 4.74 Å². The zero-order chi connectivity index (χ0) is 9.97. The standard InChI is InChI=1S/C10H11BrN2O/c11-10(12-14)13-6-5-8-3-1-2-4-9(8)7-13/h1-4,14H,5-7H2/b12-10+. The third-order valence-electron chi connectivity index (χ3n) is 2.47. The Hall–Kier alpha value is -1.03. The van der Waals surface area contributed by atoms with Crippen LogP contribution < -0.4 is 0 Å². The Bertz CT molecular complexity index is 365. The third-order valence-corrected chi connectivity index (χ3v) is 3.13. The average Bonchev–Trinajstić information content (AvgIpc) is 2.27. The van der Waals surface area contributed by atoms with Gasteiger partial charge in [-0.3, -0.25) is 0 Å². The van der Waals surface area contributed by atoms with Crippen molar-refractivity contribution < 1.29 is 5.21 Å². The number of amidine groups is 1. The van der Waals surface area contributed by atoms with Gasteiger partial charge in [0.15, 0.2) is 0 Å². The summed E-state index contributed by atoms with van der Waals surface area (Å²) in [6, 6.07) is 8.35. The molecule has 1 heterocycles. The molecule has 0 atom stereocenters. The maximum Gasteiger partial charge on any atom is 0.211 e. The first-order valence-electron chi connectivity index (χ1n) is 4.50. The van der Waals surface area contributed by atoms with Gasteiger partial charge in [0.1, 0.15) is 0 Å². The van der Waals surface area contributed by atoms with Gasteiger partial charge in [0.05, 0.1) is 0 Å². The zero-order valence-electron chi connectivity index (χ0n) is 7.65. The lowest BCUT2D eigenvalue weighted by Gasteiger charge is -2.28. The van der Waals surface area contributed by atoms with Crippen molar-refractivity contribution in [2.75, 3.05) is 6.54 Å². The number of benzene rings is 1. The largest absolute Gasteiger partial charge is 0.409 e. The fourth-order valence-electron chi connectivity index (χ4n) is 1.72. The number of nitrogens with zero attached hydrogens (tertiary/aromatic N) is 2. The topological polar surface area (TPSA) is 35.8 Å². The Kier molecular flexibility index (Phi) is 2.72. The summed E-state index contributed by atoms with van der Waals surface area (Å²) in [5.74, 6) is 0. The lowest BCUT2D eigenvalue weighted by molar-refractivity contribution is 0.300. The predicted molar refractivity (Wildman–Crippen MR) is 58.7 cm³/mol. The SMILES string of the molecule is O/N=C(\Br)N1CCc2ccccc2C1. The lowest BCUT2D eigenvalue weighted by atomic mass is 10.0. The van der Waals surface area contributed by atoms with Gasteiger partial charge in [0.25, 0.3) is 0 Å². The fraction of sp³-hybridized carbons (Fsp3) is 0.300. The molecule has 0 saturated heterocycles. The molecule has 4 heteroatoms. The van der Waals surface area contributed by atoms with Crippen LogP contribution in [0, 0.1) is 0 Å². The maximum absolute atomic E-state index is 8.63. The van der Waals surface area contributed by atoms with E-state index in [0.717, 1.165) is 19.5 Å². The van der Waals surface area contributed by atoms with Gasteiger partial charge in [-0.15, -0.1) is 0 Å². The zero-order valence-corrected chi connectivity index (χ0v) is 9.24. The first kappa shape index (κ1) is 9.52. The van der Waals surface area contributed by atoms with Crippen LogP contribution in [0.2, 0.25) is 0 Å². The van der Waals surface area contributed by atoms with Crippen LogP contribution in [0.1, 0.15) is 11.1 Å². The summed E-state index contributed by atoms with van der Waals surface area (Å²) in [4.78, 5) is 2.00. The molecule has 0 aliphatic carbocycles. The van der Waals surface area contributed by atoms with E-state index in [2.05, 4.69) is 39.3 Å². The van der Waals surface area contributed by atoms with Gasteiger partial charge in [0.2, 0.25) is 4.74 Å². The van der Waals surface area contributed by atoms with Gasteiger partial charge >= 0.3 is 0 Å². The van der Waals surface area contributed by atoms with Crippen molar-refractivity contribution in [1.82, 2.24) is 4.90 Å². The molecule has 0 radical (unpaired) electrons. The predicted octanol–water partition coefficient (Wildman–Crippen LogP) is 2.18. The molecule has 1 N–H and O–H groups in total. The molecule has 1 aromatic rings. The molecule has 3 nitrogen and oxygen atoms in total. The maximum atomic E-state index is 8.63. The number of halogens is 1. The average molecular weight is 255 g/mol. The highest BCUT2D eigenvalue weighted by Crippen LogP contribution is 2.19. The van der Waals surface area contributed by atoms with Crippen LogP contribution in [0.15, 0.2) is 29.4 Å². The Labute approximate surface area is 91.2 Å². The lowest BCUT2D eigenvalue weighted by Crippen LogP contribution is -2.32. The van der Waals surface area contributed by atoms with Gasteiger partial charge in [-0.05, 0) is 33.5 Å². The number of hydrogen-bond donors (Lipinski definition) is 1. The van der Waals surface area contributed by atoms with E-state index < -0.39 is 0 Å². The fourth-order valence-corrected chi connectivity index (χ4v) is 2.02. The normalized spacial score (nSPS) is 16.6. The van der Waals surface area contributed by atoms with Crippen LogP contribution in [-0.4, -0.2) is 21.4 Å². The van der Waals surface area contributed by atoms with Crippen molar-refractivity contribution in [1.29, 1.82) is 0 Å². The van der Waals surface area contributed by atoms with Gasteiger partial charge in [0, 0.05) is 13.1 Å². The van der Waals surface area contributed by atoms with Crippen molar-refractivity contribution >= 4 is 20.7 Å². The van der Waals surface area contributed by atoms with Crippen molar-refractivity contribution in [3.8, 4) is 0 Å². The van der Waals surface area contributed by atoms with Crippen LogP contribution in [0.4, 0.5) is 0 Å². The molecule has 0 bridgehead atoms. The molecular weight excluding hydrogens is 244 g/mol. The van der Waals surface area contributed by atoms with E-state index in [4.69, 9.17) is 5.21 Å². The molecule has 0 unspecified atom stereocenters. The van der Waals surface area contributed by atoms with Crippen molar-refractivity contribution in [2.45, 2.75) is 13.0 Å². The van der Waals surface area contributed by atoms with E-state index >= 15 is 0 Å².